The zero-order valence-electron chi connectivity index (χ0n) is 11.5. The number of allylic oxidation sites excluding steroid dienone is 1. The van der Waals surface area contributed by atoms with Crippen molar-refractivity contribution < 1.29 is 4.79 Å². The van der Waals surface area contributed by atoms with E-state index in [4.69, 9.17) is 0 Å². The van der Waals surface area contributed by atoms with Gasteiger partial charge in [0.25, 0.3) is 5.91 Å². The summed E-state index contributed by atoms with van der Waals surface area (Å²) in [6, 6.07) is 0. The van der Waals surface area contributed by atoms with Crippen LogP contribution in [0.15, 0.2) is 16.8 Å². The molecule has 0 aromatic heterocycles. The Kier molecular flexibility index (Phi) is 5.00. The van der Waals surface area contributed by atoms with Crippen LogP contribution in [0.25, 0.3) is 0 Å². The number of amides is 1. The fourth-order valence-corrected chi connectivity index (χ4v) is 2.01. The van der Waals surface area contributed by atoms with Crippen LogP contribution in [-0.4, -0.2) is 29.9 Å². The minimum Gasteiger partial charge on any atom is -0.321 e. The van der Waals surface area contributed by atoms with Crippen LogP contribution in [0.4, 0.5) is 0 Å². The summed E-state index contributed by atoms with van der Waals surface area (Å²) in [5.74, 6) is 1.73. The van der Waals surface area contributed by atoms with Gasteiger partial charge < -0.3 is 5.32 Å². The standard InChI is InChI=1S/C15H20N3O/c1-3-9-16-15-17-13(11-12-7-5-6-8-12)14(19)18(15)10-4-2/h5-8,11H,3-4,9-10H2,1-2H3,(H,16,17)/b13-11-. The van der Waals surface area contributed by atoms with Gasteiger partial charge in [-0.25, -0.2) is 0 Å². The Labute approximate surface area is 116 Å². The summed E-state index contributed by atoms with van der Waals surface area (Å²) < 4.78 is 0. The smallest absolute Gasteiger partial charge is 0.276 e. The van der Waals surface area contributed by atoms with E-state index >= 15 is 0 Å². The van der Waals surface area contributed by atoms with Gasteiger partial charge >= 0.3 is 0 Å². The molecule has 19 heavy (non-hydrogen) atoms. The van der Waals surface area contributed by atoms with E-state index in [0.29, 0.717) is 18.2 Å². The zero-order valence-corrected chi connectivity index (χ0v) is 11.5. The van der Waals surface area contributed by atoms with Gasteiger partial charge in [-0.2, -0.15) is 0 Å². The van der Waals surface area contributed by atoms with Gasteiger partial charge in [0.1, 0.15) is 5.70 Å². The topological polar surface area (TPSA) is 44.7 Å². The summed E-state index contributed by atoms with van der Waals surface area (Å²) in [7, 11) is 0. The summed E-state index contributed by atoms with van der Waals surface area (Å²) >= 11 is 0. The maximum Gasteiger partial charge on any atom is 0.276 e. The molecule has 0 aromatic carbocycles. The van der Waals surface area contributed by atoms with Gasteiger partial charge in [-0.05, 0) is 44.6 Å². The summed E-state index contributed by atoms with van der Waals surface area (Å²) in [6.45, 7) is 5.57. The highest BCUT2D eigenvalue weighted by Gasteiger charge is 2.32. The Balaban J connectivity index is 2.12. The molecule has 4 nitrogen and oxygen atoms in total. The number of rotatable bonds is 5. The molecule has 1 aliphatic heterocycles. The van der Waals surface area contributed by atoms with Gasteiger partial charge in [-0.3, -0.25) is 14.7 Å². The second kappa shape index (κ2) is 6.73. The lowest BCUT2D eigenvalue weighted by molar-refractivity contribution is -0.122. The van der Waals surface area contributed by atoms with E-state index in [2.05, 4.69) is 24.2 Å². The molecule has 0 aromatic rings. The third-order valence-electron chi connectivity index (χ3n) is 2.91. The summed E-state index contributed by atoms with van der Waals surface area (Å²) in [5, 5.41) is 3.14. The quantitative estimate of drug-likeness (QED) is 0.765. The zero-order chi connectivity index (χ0) is 13.7. The third-order valence-corrected chi connectivity index (χ3v) is 2.91. The van der Waals surface area contributed by atoms with Crippen LogP contribution < -0.4 is 5.32 Å². The van der Waals surface area contributed by atoms with Crippen LogP contribution in [-0.2, 0) is 4.79 Å². The van der Waals surface area contributed by atoms with E-state index in [-0.39, 0.29) is 5.91 Å². The molecule has 1 saturated carbocycles. The van der Waals surface area contributed by atoms with Gasteiger partial charge in [0.05, 0.1) is 0 Å². The van der Waals surface area contributed by atoms with Crippen LogP contribution in [0.5, 0.6) is 0 Å². The van der Waals surface area contributed by atoms with E-state index in [0.717, 1.165) is 25.3 Å². The first-order chi connectivity index (χ1) is 9.26. The number of hydrogen-bond acceptors (Lipinski definition) is 2. The van der Waals surface area contributed by atoms with E-state index in [1.807, 2.05) is 31.8 Å². The number of nitrogens with one attached hydrogen (secondary N) is 1. The number of carbonyl (C=O) groups is 1. The lowest BCUT2D eigenvalue weighted by Gasteiger charge is -2.13. The van der Waals surface area contributed by atoms with Crippen LogP contribution in [0.2, 0.25) is 0 Å². The summed E-state index contributed by atoms with van der Waals surface area (Å²) in [4.78, 5) is 18.5. The second-order valence-corrected chi connectivity index (χ2v) is 4.56. The van der Waals surface area contributed by atoms with Crippen molar-refractivity contribution in [3.8, 4) is 0 Å². The Morgan fingerprint density at radius 1 is 1.26 bits per heavy atom. The minimum atomic E-state index is 0.0119. The molecule has 1 aliphatic carbocycles. The Bertz CT molecular complexity index is 381. The number of hydrogen-bond donors (Lipinski definition) is 1. The van der Waals surface area contributed by atoms with Crippen LogP contribution in [0.1, 0.15) is 26.7 Å². The van der Waals surface area contributed by atoms with Gasteiger partial charge in [0, 0.05) is 19.0 Å². The molecule has 4 heteroatoms. The van der Waals surface area contributed by atoms with Crippen molar-refractivity contribution in [2.45, 2.75) is 26.7 Å². The van der Waals surface area contributed by atoms with Crippen molar-refractivity contribution in [3.05, 3.63) is 43.4 Å². The number of aliphatic imine (C=N–C) groups is 1. The van der Waals surface area contributed by atoms with E-state index in [9.17, 15) is 4.79 Å². The molecule has 1 heterocycles. The number of guanidine groups is 1. The molecule has 2 aliphatic rings. The largest absolute Gasteiger partial charge is 0.321 e. The van der Waals surface area contributed by atoms with E-state index in [1.165, 1.54) is 0 Å². The predicted octanol–water partition coefficient (Wildman–Crippen LogP) is 1.88. The Morgan fingerprint density at radius 2 is 2.00 bits per heavy atom. The molecule has 101 valence electrons. The molecular weight excluding hydrogens is 238 g/mol. The van der Waals surface area contributed by atoms with Crippen LogP contribution in [0.3, 0.4) is 0 Å². The highest BCUT2D eigenvalue weighted by Crippen LogP contribution is 2.26. The molecule has 0 atom stereocenters. The molecule has 1 amide bonds. The first kappa shape index (κ1) is 14.1. The van der Waals surface area contributed by atoms with Crippen molar-refractivity contribution in [1.29, 1.82) is 0 Å². The van der Waals surface area contributed by atoms with Crippen LogP contribution >= 0.6 is 0 Å². The summed E-state index contributed by atoms with van der Waals surface area (Å²) in [5.41, 5.74) is 0.606. The minimum absolute atomic E-state index is 0.0119. The normalized spacial score (nSPS) is 24.7. The maximum atomic E-state index is 12.3. The molecule has 5 radical (unpaired) electrons. The summed E-state index contributed by atoms with van der Waals surface area (Å²) in [6.07, 6.45) is 11.6. The fraction of sp³-hybridized carbons (Fsp3) is 0.400. The predicted molar refractivity (Wildman–Crippen MR) is 76.3 cm³/mol. The molecule has 2 fully saturated rings. The number of carbonyl (C=O) groups excluding carboxylic acids is 1. The molecule has 0 spiro atoms. The van der Waals surface area contributed by atoms with Gasteiger partial charge in [-0.1, -0.05) is 13.8 Å². The molecule has 2 rings (SSSR count). The number of nitrogens with zero attached hydrogens (tertiary/aromatic N) is 2. The van der Waals surface area contributed by atoms with E-state index < -0.39 is 0 Å². The molecular formula is C15H20N3O. The van der Waals surface area contributed by atoms with Crippen molar-refractivity contribution in [3.63, 3.8) is 0 Å². The first-order valence-corrected chi connectivity index (χ1v) is 6.83. The second-order valence-electron chi connectivity index (χ2n) is 4.56. The van der Waals surface area contributed by atoms with Gasteiger partial charge in [0.2, 0.25) is 5.96 Å². The average Bonchev–Trinajstić information content (AvgIpc) is 3.00. The average molecular weight is 258 g/mol. The van der Waals surface area contributed by atoms with Gasteiger partial charge in [-0.15, -0.1) is 0 Å². The van der Waals surface area contributed by atoms with Crippen molar-refractivity contribution in [2.75, 3.05) is 13.1 Å². The van der Waals surface area contributed by atoms with E-state index in [1.54, 1.807) is 4.90 Å². The molecule has 0 bridgehead atoms. The van der Waals surface area contributed by atoms with Crippen molar-refractivity contribution in [2.24, 2.45) is 4.99 Å². The van der Waals surface area contributed by atoms with Gasteiger partial charge in [0.15, 0.2) is 0 Å². The molecule has 1 saturated heterocycles. The molecule has 1 N–H and O–H groups in total. The maximum absolute atomic E-state index is 12.3. The Hall–Kier alpha value is -1.32. The molecule has 0 unspecified atom stereocenters. The highest BCUT2D eigenvalue weighted by molar-refractivity contribution is 6.13. The first-order valence-electron chi connectivity index (χ1n) is 6.83. The third kappa shape index (κ3) is 3.37. The van der Waals surface area contributed by atoms with Crippen molar-refractivity contribution in [1.82, 2.24) is 10.2 Å². The van der Waals surface area contributed by atoms with Crippen molar-refractivity contribution >= 4 is 11.9 Å². The lowest BCUT2D eigenvalue weighted by Crippen LogP contribution is -2.33. The highest BCUT2D eigenvalue weighted by atomic mass is 16.2. The van der Waals surface area contributed by atoms with Crippen LogP contribution in [0, 0.1) is 31.6 Å². The SMILES string of the molecule is CCCN=C1N/C(=C\[C]2[CH][CH][CH][CH]2)C(=O)N1CCC. The lowest BCUT2D eigenvalue weighted by atomic mass is 10.1. The fourth-order valence-electron chi connectivity index (χ4n) is 2.01. The Morgan fingerprint density at radius 3 is 2.63 bits per heavy atom. The monoisotopic (exact) mass is 258 g/mol.